The van der Waals surface area contributed by atoms with Crippen LogP contribution in [0.3, 0.4) is 0 Å². The molecule has 0 spiro atoms. The van der Waals surface area contributed by atoms with E-state index in [1.54, 1.807) is 43.3 Å². The fourth-order valence-corrected chi connectivity index (χ4v) is 4.50. The number of aromatic nitrogens is 1. The van der Waals surface area contributed by atoms with Crippen molar-refractivity contribution in [3.05, 3.63) is 83.8 Å². The third kappa shape index (κ3) is 2.91. The average Bonchev–Trinajstić information content (AvgIpc) is 2.69. The van der Waals surface area contributed by atoms with Crippen molar-refractivity contribution in [3.8, 4) is 0 Å². The topological polar surface area (TPSA) is 70.6 Å². The van der Waals surface area contributed by atoms with Crippen LogP contribution in [-0.4, -0.2) is 23.7 Å². The Kier molecular flexibility index (Phi) is 4.35. The smallest absolute Gasteiger partial charge is 0.246 e. The van der Waals surface area contributed by atoms with Gasteiger partial charge in [0.2, 0.25) is 0 Å². The number of nitrogens with zero attached hydrogens (tertiary/aromatic N) is 3. The van der Waals surface area contributed by atoms with E-state index in [2.05, 4.69) is 4.98 Å². The fourth-order valence-electron chi connectivity index (χ4n) is 3.03. The SMILES string of the molecule is Cc1ccc(N2C(=O)N(Cc3ccccc3)S(=O)(=O)c3cccnc32)cc1F. The van der Waals surface area contributed by atoms with Gasteiger partial charge in [0.25, 0.3) is 10.0 Å². The van der Waals surface area contributed by atoms with E-state index >= 15 is 0 Å². The maximum Gasteiger partial charge on any atom is 0.344 e. The average molecular weight is 397 g/mol. The summed E-state index contributed by atoms with van der Waals surface area (Å²) < 4.78 is 41.1. The first-order valence-electron chi connectivity index (χ1n) is 8.51. The van der Waals surface area contributed by atoms with E-state index in [0.29, 0.717) is 11.1 Å². The summed E-state index contributed by atoms with van der Waals surface area (Å²) in [6.45, 7) is 1.47. The lowest BCUT2D eigenvalue weighted by molar-refractivity contribution is 0.229. The maximum absolute atomic E-state index is 14.1. The molecule has 0 N–H and O–H groups in total. The number of amides is 2. The third-order valence-corrected chi connectivity index (χ3v) is 6.26. The van der Waals surface area contributed by atoms with Crippen molar-refractivity contribution < 1.29 is 17.6 Å². The summed E-state index contributed by atoms with van der Waals surface area (Å²) in [6.07, 6.45) is 1.39. The minimum atomic E-state index is -4.10. The molecule has 1 aliphatic heterocycles. The summed E-state index contributed by atoms with van der Waals surface area (Å²) in [5.74, 6) is -0.536. The summed E-state index contributed by atoms with van der Waals surface area (Å²) in [6, 6.07) is 15.2. The molecule has 0 saturated carbocycles. The first-order chi connectivity index (χ1) is 13.4. The van der Waals surface area contributed by atoms with Gasteiger partial charge in [0, 0.05) is 6.20 Å². The van der Waals surface area contributed by atoms with Crippen molar-refractivity contribution in [1.29, 1.82) is 0 Å². The largest absolute Gasteiger partial charge is 0.344 e. The molecule has 0 radical (unpaired) electrons. The molecule has 6 nitrogen and oxygen atoms in total. The normalized spacial score (nSPS) is 15.4. The molecule has 8 heteroatoms. The molecule has 2 aromatic carbocycles. The molecule has 4 rings (SSSR count). The number of carbonyl (C=O) groups excluding carboxylic acids is 1. The molecule has 28 heavy (non-hydrogen) atoms. The highest BCUT2D eigenvalue weighted by Gasteiger charge is 2.43. The molecular formula is C20H16FN3O3S. The van der Waals surface area contributed by atoms with Crippen LogP contribution in [-0.2, 0) is 16.6 Å². The highest BCUT2D eigenvalue weighted by Crippen LogP contribution is 2.38. The summed E-state index contributed by atoms with van der Waals surface area (Å²) in [4.78, 5) is 18.3. The number of benzene rings is 2. The molecule has 0 atom stereocenters. The van der Waals surface area contributed by atoms with Gasteiger partial charge >= 0.3 is 6.03 Å². The van der Waals surface area contributed by atoms with Gasteiger partial charge in [-0.25, -0.2) is 31.8 Å². The van der Waals surface area contributed by atoms with Crippen molar-refractivity contribution in [2.24, 2.45) is 0 Å². The van der Waals surface area contributed by atoms with E-state index in [0.717, 1.165) is 9.21 Å². The zero-order valence-corrected chi connectivity index (χ0v) is 15.7. The zero-order valence-electron chi connectivity index (χ0n) is 14.9. The molecule has 0 aliphatic carbocycles. The van der Waals surface area contributed by atoms with Crippen molar-refractivity contribution in [2.75, 3.05) is 4.90 Å². The van der Waals surface area contributed by atoms with Crippen LogP contribution in [0.15, 0.2) is 71.8 Å². The van der Waals surface area contributed by atoms with Gasteiger partial charge in [-0.1, -0.05) is 36.4 Å². The van der Waals surface area contributed by atoms with E-state index in [4.69, 9.17) is 0 Å². The molecule has 1 aliphatic rings. The van der Waals surface area contributed by atoms with E-state index in [-0.39, 0.29) is 22.9 Å². The molecule has 1 aromatic heterocycles. The number of rotatable bonds is 3. The molecule has 0 saturated heterocycles. The molecule has 0 unspecified atom stereocenters. The number of carbonyl (C=O) groups is 1. The Hall–Kier alpha value is -3.26. The van der Waals surface area contributed by atoms with Gasteiger partial charge < -0.3 is 0 Å². The van der Waals surface area contributed by atoms with Crippen LogP contribution in [0.2, 0.25) is 0 Å². The number of hydrogen-bond donors (Lipinski definition) is 0. The number of halogens is 1. The van der Waals surface area contributed by atoms with Crippen LogP contribution in [0.25, 0.3) is 0 Å². The molecule has 2 heterocycles. The zero-order chi connectivity index (χ0) is 19.9. The quantitative estimate of drug-likeness (QED) is 0.670. The summed E-state index contributed by atoms with van der Waals surface area (Å²) in [5, 5.41) is 0. The number of sulfonamides is 1. The fraction of sp³-hybridized carbons (Fsp3) is 0.100. The Balaban J connectivity index is 1.88. The molecule has 2 amide bonds. The number of fused-ring (bicyclic) bond motifs is 1. The van der Waals surface area contributed by atoms with E-state index in [1.807, 2.05) is 0 Å². The van der Waals surface area contributed by atoms with Crippen molar-refractivity contribution in [2.45, 2.75) is 18.4 Å². The monoisotopic (exact) mass is 397 g/mol. The molecular weight excluding hydrogens is 381 g/mol. The number of urea groups is 1. The Morgan fingerprint density at radius 2 is 1.79 bits per heavy atom. The third-order valence-electron chi connectivity index (χ3n) is 4.52. The van der Waals surface area contributed by atoms with Crippen molar-refractivity contribution in [1.82, 2.24) is 9.29 Å². The second-order valence-electron chi connectivity index (χ2n) is 6.37. The van der Waals surface area contributed by atoms with Gasteiger partial charge in [0.15, 0.2) is 5.82 Å². The van der Waals surface area contributed by atoms with Crippen LogP contribution >= 0.6 is 0 Å². The Morgan fingerprint density at radius 3 is 2.50 bits per heavy atom. The lowest BCUT2D eigenvalue weighted by atomic mass is 10.2. The standard InChI is InChI=1S/C20H16FN3O3S/c1-14-9-10-16(12-17(14)21)24-19-18(8-5-11-22-19)28(26,27)23(20(24)25)13-15-6-3-2-4-7-15/h2-12H,13H2,1H3. The van der Waals surface area contributed by atoms with E-state index in [9.17, 15) is 17.6 Å². The van der Waals surface area contributed by atoms with Crippen LogP contribution in [0.1, 0.15) is 11.1 Å². The maximum atomic E-state index is 14.1. The van der Waals surface area contributed by atoms with Gasteiger partial charge in [-0.2, -0.15) is 0 Å². The molecule has 0 bridgehead atoms. The predicted molar refractivity (Wildman–Crippen MR) is 102 cm³/mol. The molecule has 0 fully saturated rings. The molecule has 3 aromatic rings. The van der Waals surface area contributed by atoms with E-state index < -0.39 is 21.9 Å². The Morgan fingerprint density at radius 1 is 1.04 bits per heavy atom. The van der Waals surface area contributed by atoms with Crippen LogP contribution in [0.4, 0.5) is 20.7 Å². The van der Waals surface area contributed by atoms with Crippen LogP contribution in [0, 0.1) is 12.7 Å². The first kappa shape index (κ1) is 18.1. The van der Waals surface area contributed by atoms with Gasteiger partial charge in [-0.05, 0) is 42.3 Å². The van der Waals surface area contributed by atoms with Crippen molar-refractivity contribution in [3.63, 3.8) is 0 Å². The highest BCUT2D eigenvalue weighted by molar-refractivity contribution is 7.90. The summed E-state index contributed by atoms with van der Waals surface area (Å²) in [5.41, 5.74) is 1.28. The van der Waals surface area contributed by atoms with Gasteiger partial charge in [-0.3, -0.25) is 0 Å². The highest BCUT2D eigenvalue weighted by atomic mass is 32.2. The van der Waals surface area contributed by atoms with Gasteiger partial charge in [0.1, 0.15) is 10.7 Å². The number of pyridine rings is 1. The first-order valence-corrected chi connectivity index (χ1v) is 9.95. The number of aryl methyl sites for hydroxylation is 1. The lowest BCUT2D eigenvalue weighted by Crippen LogP contribution is -2.48. The van der Waals surface area contributed by atoms with Crippen LogP contribution in [0.5, 0.6) is 0 Å². The van der Waals surface area contributed by atoms with E-state index in [1.165, 1.54) is 30.5 Å². The van der Waals surface area contributed by atoms with Crippen LogP contribution < -0.4 is 4.90 Å². The minimum absolute atomic E-state index is 0.0416. The second kappa shape index (κ2) is 6.72. The minimum Gasteiger partial charge on any atom is -0.246 e. The second-order valence-corrected chi connectivity index (χ2v) is 8.20. The Bertz CT molecular complexity index is 1170. The predicted octanol–water partition coefficient (Wildman–Crippen LogP) is 3.99. The van der Waals surface area contributed by atoms with Gasteiger partial charge in [0.05, 0.1) is 12.2 Å². The van der Waals surface area contributed by atoms with Crippen molar-refractivity contribution >= 4 is 27.6 Å². The lowest BCUT2D eigenvalue weighted by Gasteiger charge is -2.35. The molecule has 142 valence electrons. The number of anilines is 2. The Labute approximate surface area is 161 Å². The summed E-state index contributed by atoms with van der Waals surface area (Å²) in [7, 11) is -4.10. The number of hydrogen-bond acceptors (Lipinski definition) is 4. The van der Waals surface area contributed by atoms with Gasteiger partial charge in [-0.15, -0.1) is 0 Å². The summed E-state index contributed by atoms with van der Waals surface area (Å²) >= 11 is 0.